The second kappa shape index (κ2) is 9.22. The molecule has 1 N–H and O–H groups in total. The topological polar surface area (TPSA) is 15.3 Å². The Balaban J connectivity index is 1.81. The second-order valence-electron chi connectivity index (χ2n) is 6.34. The van der Waals surface area contributed by atoms with Crippen molar-refractivity contribution < 1.29 is 0 Å². The molecular formula is C19H32N2. The van der Waals surface area contributed by atoms with E-state index in [1.165, 1.54) is 49.8 Å². The average Bonchev–Trinajstić information content (AvgIpc) is 2.54. The minimum Gasteiger partial charge on any atom is -0.316 e. The lowest BCUT2D eigenvalue weighted by atomic mass is 9.99. The molecule has 2 heteroatoms. The van der Waals surface area contributed by atoms with Crippen molar-refractivity contribution in [1.82, 2.24) is 10.2 Å². The van der Waals surface area contributed by atoms with E-state index in [0.29, 0.717) is 0 Å². The number of benzene rings is 1. The van der Waals surface area contributed by atoms with Gasteiger partial charge in [-0.05, 0) is 62.9 Å². The van der Waals surface area contributed by atoms with Crippen LogP contribution in [0.1, 0.15) is 57.1 Å². The molecule has 2 nitrogen and oxygen atoms in total. The third kappa shape index (κ3) is 5.44. The summed E-state index contributed by atoms with van der Waals surface area (Å²) in [5, 5.41) is 3.47. The number of hydrogen-bond donors (Lipinski definition) is 1. The molecule has 1 aromatic rings. The lowest BCUT2D eigenvalue weighted by Gasteiger charge is -2.35. The highest BCUT2D eigenvalue weighted by atomic mass is 15.2. The summed E-state index contributed by atoms with van der Waals surface area (Å²) in [5.41, 5.74) is 2.92. The van der Waals surface area contributed by atoms with Gasteiger partial charge in [0.05, 0.1) is 0 Å². The molecule has 21 heavy (non-hydrogen) atoms. The fraction of sp³-hybridized carbons (Fsp3) is 0.684. The summed E-state index contributed by atoms with van der Waals surface area (Å²) in [6.07, 6.45) is 7.82. The molecule has 1 fully saturated rings. The smallest absolute Gasteiger partial charge is 0.0236 e. The third-order valence-corrected chi connectivity index (χ3v) is 4.65. The third-order valence-electron chi connectivity index (χ3n) is 4.65. The Morgan fingerprint density at radius 2 is 1.81 bits per heavy atom. The van der Waals surface area contributed by atoms with Gasteiger partial charge in [-0.15, -0.1) is 0 Å². The van der Waals surface area contributed by atoms with Gasteiger partial charge in [0.2, 0.25) is 0 Å². The number of rotatable bonds is 8. The Bertz CT molecular complexity index is 385. The van der Waals surface area contributed by atoms with Crippen molar-refractivity contribution in [2.45, 2.75) is 65.0 Å². The van der Waals surface area contributed by atoms with Gasteiger partial charge in [0, 0.05) is 12.6 Å². The molecule has 0 spiro atoms. The monoisotopic (exact) mass is 288 g/mol. The minimum atomic E-state index is 0.802. The summed E-state index contributed by atoms with van der Waals surface area (Å²) in [4.78, 5) is 2.68. The Hall–Kier alpha value is -0.860. The molecule has 118 valence electrons. The highest BCUT2D eigenvalue weighted by molar-refractivity contribution is 5.23. The van der Waals surface area contributed by atoms with Gasteiger partial charge in [0.25, 0.3) is 0 Å². The Morgan fingerprint density at radius 1 is 1.05 bits per heavy atom. The number of hydrogen-bond acceptors (Lipinski definition) is 2. The van der Waals surface area contributed by atoms with Crippen molar-refractivity contribution in [3.63, 3.8) is 0 Å². The van der Waals surface area contributed by atoms with E-state index >= 15 is 0 Å². The molecule has 0 saturated carbocycles. The zero-order valence-electron chi connectivity index (χ0n) is 13.9. The molecule has 0 aliphatic carbocycles. The Labute approximate surface area is 130 Å². The van der Waals surface area contributed by atoms with E-state index in [2.05, 4.69) is 48.3 Å². The van der Waals surface area contributed by atoms with Gasteiger partial charge >= 0.3 is 0 Å². The first-order chi connectivity index (χ1) is 10.3. The molecule has 1 unspecified atom stereocenters. The first kappa shape index (κ1) is 16.5. The maximum atomic E-state index is 3.47. The van der Waals surface area contributed by atoms with E-state index in [1.807, 2.05) is 0 Å². The van der Waals surface area contributed by atoms with Crippen molar-refractivity contribution in [3.8, 4) is 0 Å². The van der Waals surface area contributed by atoms with Crippen LogP contribution in [0.25, 0.3) is 0 Å². The van der Waals surface area contributed by atoms with E-state index in [0.717, 1.165) is 32.1 Å². The van der Waals surface area contributed by atoms with Crippen LogP contribution in [-0.4, -0.2) is 30.6 Å². The summed E-state index contributed by atoms with van der Waals surface area (Å²) < 4.78 is 0. The maximum Gasteiger partial charge on any atom is 0.0236 e. The standard InChI is InChI=1S/C19H32N2/c1-3-13-20-14-12-17-8-10-18(11-9-17)16-21-15-6-5-7-19(21)4-2/h8-11,19-20H,3-7,12-16H2,1-2H3. The van der Waals surface area contributed by atoms with Crippen LogP contribution in [0.15, 0.2) is 24.3 Å². The van der Waals surface area contributed by atoms with Gasteiger partial charge in [-0.1, -0.05) is 44.5 Å². The van der Waals surface area contributed by atoms with Crippen LogP contribution in [0, 0.1) is 0 Å². The Morgan fingerprint density at radius 3 is 2.52 bits per heavy atom. The van der Waals surface area contributed by atoms with Gasteiger partial charge < -0.3 is 5.32 Å². The SMILES string of the molecule is CCCNCCc1ccc(CN2CCCCC2CC)cc1. The van der Waals surface area contributed by atoms with Crippen molar-refractivity contribution in [2.75, 3.05) is 19.6 Å². The molecule has 1 aliphatic heterocycles. The zero-order valence-corrected chi connectivity index (χ0v) is 13.9. The summed E-state index contributed by atoms with van der Waals surface area (Å²) in [5.74, 6) is 0. The highest BCUT2D eigenvalue weighted by Gasteiger charge is 2.20. The van der Waals surface area contributed by atoms with E-state index in [1.54, 1.807) is 0 Å². The first-order valence-corrected chi connectivity index (χ1v) is 8.86. The van der Waals surface area contributed by atoms with Gasteiger partial charge in [0.1, 0.15) is 0 Å². The second-order valence-corrected chi connectivity index (χ2v) is 6.34. The highest BCUT2D eigenvalue weighted by Crippen LogP contribution is 2.21. The number of piperidine rings is 1. The van der Waals surface area contributed by atoms with Crippen molar-refractivity contribution in [2.24, 2.45) is 0 Å². The molecule has 0 bridgehead atoms. The number of nitrogens with one attached hydrogen (secondary N) is 1. The molecular weight excluding hydrogens is 256 g/mol. The van der Waals surface area contributed by atoms with Crippen LogP contribution in [0.2, 0.25) is 0 Å². The summed E-state index contributed by atoms with van der Waals surface area (Å²) >= 11 is 0. The van der Waals surface area contributed by atoms with Crippen LogP contribution in [-0.2, 0) is 13.0 Å². The van der Waals surface area contributed by atoms with E-state index in [4.69, 9.17) is 0 Å². The first-order valence-electron chi connectivity index (χ1n) is 8.86. The van der Waals surface area contributed by atoms with Gasteiger partial charge in [-0.25, -0.2) is 0 Å². The molecule has 1 aliphatic rings. The minimum absolute atomic E-state index is 0.802. The molecule has 2 rings (SSSR count). The summed E-state index contributed by atoms with van der Waals surface area (Å²) in [6.45, 7) is 9.18. The van der Waals surface area contributed by atoms with Crippen molar-refractivity contribution in [3.05, 3.63) is 35.4 Å². The largest absolute Gasteiger partial charge is 0.316 e. The fourth-order valence-electron chi connectivity index (χ4n) is 3.31. The average molecular weight is 288 g/mol. The van der Waals surface area contributed by atoms with Crippen molar-refractivity contribution >= 4 is 0 Å². The van der Waals surface area contributed by atoms with Crippen LogP contribution in [0.5, 0.6) is 0 Å². The van der Waals surface area contributed by atoms with E-state index in [-0.39, 0.29) is 0 Å². The molecule has 0 radical (unpaired) electrons. The van der Waals surface area contributed by atoms with E-state index < -0.39 is 0 Å². The summed E-state index contributed by atoms with van der Waals surface area (Å²) in [7, 11) is 0. The molecule has 1 atom stereocenters. The fourth-order valence-corrected chi connectivity index (χ4v) is 3.31. The lowest BCUT2D eigenvalue weighted by Crippen LogP contribution is -2.38. The van der Waals surface area contributed by atoms with Crippen molar-refractivity contribution in [1.29, 1.82) is 0 Å². The molecule has 1 saturated heterocycles. The van der Waals surface area contributed by atoms with Crippen LogP contribution in [0.3, 0.4) is 0 Å². The number of likely N-dealkylation sites (tertiary alicyclic amines) is 1. The normalized spacial score (nSPS) is 19.8. The van der Waals surface area contributed by atoms with Gasteiger partial charge in [-0.2, -0.15) is 0 Å². The Kier molecular flexibility index (Phi) is 7.25. The lowest BCUT2D eigenvalue weighted by molar-refractivity contribution is 0.136. The van der Waals surface area contributed by atoms with E-state index in [9.17, 15) is 0 Å². The molecule has 1 aromatic carbocycles. The molecule has 0 amide bonds. The molecule has 1 heterocycles. The van der Waals surface area contributed by atoms with Crippen LogP contribution in [0.4, 0.5) is 0 Å². The number of nitrogens with zero attached hydrogens (tertiary/aromatic N) is 1. The zero-order chi connectivity index (χ0) is 14.9. The van der Waals surface area contributed by atoms with Gasteiger partial charge in [-0.3, -0.25) is 4.90 Å². The summed E-state index contributed by atoms with van der Waals surface area (Å²) in [6, 6.07) is 10.1. The van der Waals surface area contributed by atoms with Crippen LogP contribution < -0.4 is 5.32 Å². The quantitative estimate of drug-likeness (QED) is 0.728. The maximum absolute atomic E-state index is 3.47. The van der Waals surface area contributed by atoms with Gasteiger partial charge in [0.15, 0.2) is 0 Å². The van der Waals surface area contributed by atoms with Crippen LogP contribution >= 0.6 is 0 Å². The molecule has 0 aromatic heterocycles. The predicted octanol–water partition coefficient (Wildman–Crippen LogP) is 3.99. The predicted molar refractivity (Wildman–Crippen MR) is 91.6 cm³/mol.